The summed E-state index contributed by atoms with van der Waals surface area (Å²) >= 11 is 5.00. The average molecular weight is 315 g/mol. The van der Waals surface area contributed by atoms with E-state index < -0.39 is 0 Å². The minimum absolute atomic E-state index is 0.117. The van der Waals surface area contributed by atoms with Gasteiger partial charge in [-0.1, -0.05) is 15.9 Å². The van der Waals surface area contributed by atoms with Crippen LogP contribution in [0.3, 0.4) is 0 Å². The first kappa shape index (κ1) is 13.1. The lowest BCUT2D eigenvalue weighted by Gasteiger charge is -2.20. The Bertz CT molecular complexity index is 372. The number of rotatable bonds is 4. The molecule has 1 fully saturated rings. The third kappa shape index (κ3) is 4.12. The van der Waals surface area contributed by atoms with Crippen LogP contribution in [0.4, 0.5) is 0 Å². The summed E-state index contributed by atoms with van der Waals surface area (Å²) in [6.45, 7) is 1.42. The normalized spacial score (nSPS) is 20.2. The molecule has 0 bridgehead atoms. The van der Waals surface area contributed by atoms with Crippen LogP contribution in [-0.2, 0) is 9.53 Å². The van der Waals surface area contributed by atoms with Crippen molar-refractivity contribution >= 4 is 33.5 Å². The lowest BCUT2D eigenvalue weighted by Crippen LogP contribution is -2.26. The highest BCUT2D eigenvalue weighted by atomic mass is 79.9. The van der Waals surface area contributed by atoms with E-state index in [0.29, 0.717) is 18.1 Å². The van der Waals surface area contributed by atoms with Crippen LogP contribution in [0.1, 0.15) is 12.8 Å². The molecule has 92 valence electrons. The first-order valence-electron chi connectivity index (χ1n) is 5.74. The molecule has 0 aliphatic carbocycles. The topological polar surface area (TPSA) is 26.3 Å². The molecule has 1 aromatic carbocycles. The monoisotopic (exact) mass is 314 g/mol. The molecule has 1 aliphatic heterocycles. The lowest BCUT2D eigenvalue weighted by atomic mass is 9.99. The standard InChI is InChI=1S/C13H15BrO2S/c14-11-3-5-12(6-4-11)17-9-13(15)10-2-1-7-16-8-10/h3-6,10H,1-2,7-9H2. The Balaban J connectivity index is 1.81. The van der Waals surface area contributed by atoms with Gasteiger partial charge in [0.15, 0.2) is 0 Å². The fraction of sp³-hybridized carbons (Fsp3) is 0.462. The summed E-state index contributed by atoms with van der Waals surface area (Å²) in [5.41, 5.74) is 0. The molecule has 0 amide bonds. The molecule has 2 nitrogen and oxygen atoms in total. The maximum absolute atomic E-state index is 11.9. The van der Waals surface area contributed by atoms with Gasteiger partial charge in [-0.2, -0.15) is 0 Å². The molecule has 0 N–H and O–H groups in total. The fourth-order valence-electron chi connectivity index (χ4n) is 1.80. The molecule has 0 spiro atoms. The Labute approximate surface area is 114 Å². The predicted octanol–water partition coefficient (Wildman–Crippen LogP) is 3.54. The highest BCUT2D eigenvalue weighted by Crippen LogP contribution is 2.23. The van der Waals surface area contributed by atoms with Gasteiger partial charge in [-0.3, -0.25) is 4.79 Å². The van der Waals surface area contributed by atoms with Crippen LogP contribution < -0.4 is 0 Å². The van der Waals surface area contributed by atoms with Gasteiger partial charge in [0.05, 0.1) is 12.4 Å². The van der Waals surface area contributed by atoms with Crippen LogP contribution in [0.2, 0.25) is 0 Å². The van der Waals surface area contributed by atoms with Crippen LogP contribution >= 0.6 is 27.7 Å². The summed E-state index contributed by atoms with van der Waals surface area (Å²) < 4.78 is 6.40. The first-order valence-corrected chi connectivity index (χ1v) is 7.52. The zero-order valence-electron chi connectivity index (χ0n) is 9.52. The highest BCUT2D eigenvalue weighted by molar-refractivity contribution is 9.10. The second kappa shape index (κ2) is 6.57. The van der Waals surface area contributed by atoms with Crippen molar-refractivity contribution in [1.82, 2.24) is 0 Å². The van der Waals surface area contributed by atoms with E-state index in [-0.39, 0.29) is 5.92 Å². The molecule has 1 atom stereocenters. The van der Waals surface area contributed by atoms with Crippen molar-refractivity contribution in [2.24, 2.45) is 5.92 Å². The van der Waals surface area contributed by atoms with Crippen molar-refractivity contribution in [1.29, 1.82) is 0 Å². The second-order valence-corrected chi connectivity index (χ2v) is 6.09. The molecule has 0 radical (unpaired) electrons. The zero-order valence-corrected chi connectivity index (χ0v) is 11.9. The Kier molecular flexibility index (Phi) is 5.07. The fourth-order valence-corrected chi connectivity index (χ4v) is 2.94. The highest BCUT2D eigenvalue weighted by Gasteiger charge is 2.21. The molecule has 1 unspecified atom stereocenters. The smallest absolute Gasteiger partial charge is 0.148 e. The quantitative estimate of drug-likeness (QED) is 0.795. The predicted molar refractivity (Wildman–Crippen MR) is 73.4 cm³/mol. The van der Waals surface area contributed by atoms with E-state index in [1.54, 1.807) is 11.8 Å². The van der Waals surface area contributed by atoms with E-state index in [9.17, 15) is 4.79 Å². The van der Waals surface area contributed by atoms with Gasteiger partial charge in [0.1, 0.15) is 5.78 Å². The van der Waals surface area contributed by atoms with E-state index in [4.69, 9.17) is 4.74 Å². The van der Waals surface area contributed by atoms with Gasteiger partial charge >= 0.3 is 0 Å². The van der Waals surface area contributed by atoms with Crippen molar-refractivity contribution in [3.8, 4) is 0 Å². The minimum atomic E-state index is 0.117. The van der Waals surface area contributed by atoms with Gasteiger partial charge in [-0.15, -0.1) is 11.8 Å². The third-order valence-electron chi connectivity index (χ3n) is 2.81. The van der Waals surface area contributed by atoms with Gasteiger partial charge in [-0.25, -0.2) is 0 Å². The SMILES string of the molecule is O=C(CSc1ccc(Br)cc1)C1CCCOC1. The van der Waals surface area contributed by atoms with Crippen LogP contribution in [0.5, 0.6) is 0 Å². The number of hydrogen-bond acceptors (Lipinski definition) is 3. The van der Waals surface area contributed by atoms with Gasteiger partial charge in [-0.05, 0) is 37.1 Å². The number of halogens is 1. The van der Waals surface area contributed by atoms with Gasteiger partial charge < -0.3 is 4.74 Å². The van der Waals surface area contributed by atoms with Crippen LogP contribution in [-0.4, -0.2) is 24.7 Å². The number of benzene rings is 1. The Morgan fingerprint density at radius 2 is 2.18 bits per heavy atom. The zero-order chi connectivity index (χ0) is 12.1. The molecule has 2 rings (SSSR count). The maximum Gasteiger partial charge on any atom is 0.148 e. The van der Waals surface area contributed by atoms with Gasteiger partial charge in [0.25, 0.3) is 0 Å². The average Bonchev–Trinajstić information content (AvgIpc) is 2.39. The number of carbonyl (C=O) groups excluding carboxylic acids is 1. The van der Waals surface area contributed by atoms with Crippen molar-refractivity contribution in [3.05, 3.63) is 28.7 Å². The van der Waals surface area contributed by atoms with Crippen molar-refractivity contribution in [2.75, 3.05) is 19.0 Å². The molecule has 1 heterocycles. The van der Waals surface area contributed by atoms with Crippen LogP contribution in [0.15, 0.2) is 33.6 Å². The van der Waals surface area contributed by atoms with Crippen molar-refractivity contribution in [2.45, 2.75) is 17.7 Å². The second-order valence-electron chi connectivity index (χ2n) is 4.12. The van der Waals surface area contributed by atoms with Crippen LogP contribution in [0.25, 0.3) is 0 Å². The van der Waals surface area contributed by atoms with Crippen LogP contribution in [0, 0.1) is 5.92 Å². The number of hydrogen-bond donors (Lipinski definition) is 0. The van der Waals surface area contributed by atoms with E-state index in [2.05, 4.69) is 15.9 Å². The number of ether oxygens (including phenoxy) is 1. The Morgan fingerprint density at radius 1 is 1.41 bits per heavy atom. The van der Waals surface area contributed by atoms with E-state index >= 15 is 0 Å². The molecule has 4 heteroatoms. The van der Waals surface area contributed by atoms with E-state index in [1.165, 1.54) is 0 Å². The molecule has 0 aromatic heterocycles. The lowest BCUT2D eigenvalue weighted by molar-refractivity contribution is -0.124. The third-order valence-corrected chi connectivity index (χ3v) is 4.37. The van der Waals surface area contributed by atoms with Gasteiger partial charge in [0, 0.05) is 21.9 Å². The molecule has 0 saturated carbocycles. The minimum Gasteiger partial charge on any atom is -0.381 e. The number of ketones is 1. The summed E-state index contributed by atoms with van der Waals surface area (Å²) in [6, 6.07) is 8.05. The van der Waals surface area contributed by atoms with Crippen molar-refractivity contribution in [3.63, 3.8) is 0 Å². The number of Topliss-reactive ketones (excluding diaryl/α,β-unsaturated/α-hetero) is 1. The summed E-state index contributed by atoms with van der Waals surface area (Å²) in [4.78, 5) is 13.1. The summed E-state index contributed by atoms with van der Waals surface area (Å²) in [6.07, 6.45) is 2.00. The number of thioether (sulfide) groups is 1. The molecule has 1 aromatic rings. The summed E-state index contributed by atoms with van der Waals surface area (Å²) in [5.74, 6) is 0.986. The number of carbonyl (C=O) groups is 1. The Hall–Kier alpha value is -0.320. The summed E-state index contributed by atoms with van der Waals surface area (Å²) in [5, 5.41) is 0. The summed E-state index contributed by atoms with van der Waals surface area (Å²) in [7, 11) is 0. The van der Waals surface area contributed by atoms with Gasteiger partial charge in [0.2, 0.25) is 0 Å². The van der Waals surface area contributed by atoms with Crippen molar-refractivity contribution < 1.29 is 9.53 Å². The molecule has 1 saturated heterocycles. The molecule has 17 heavy (non-hydrogen) atoms. The maximum atomic E-state index is 11.9. The van der Waals surface area contributed by atoms with E-state index in [0.717, 1.165) is 28.8 Å². The van der Waals surface area contributed by atoms with E-state index in [1.807, 2.05) is 24.3 Å². The molecular weight excluding hydrogens is 300 g/mol. The molecular formula is C13H15BrO2S. The first-order chi connectivity index (χ1) is 8.25. The Morgan fingerprint density at radius 3 is 2.82 bits per heavy atom. The molecule has 1 aliphatic rings. The largest absolute Gasteiger partial charge is 0.381 e.